The number of thiophene rings is 1. The average Bonchev–Trinajstić information content (AvgIpc) is 3.05. The Kier molecular flexibility index (Phi) is 4.12. The van der Waals surface area contributed by atoms with Crippen molar-refractivity contribution in [1.82, 2.24) is 14.9 Å². The fourth-order valence-electron chi connectivity index (χ4n) is 2.11. The maximum absolute atomic E-state index is 12.4. The number of aromatic carboxylic acids is 1. The van der Waals surface area contributed by atoms with Crippen molar-refractivity contribution in [3.63, 3.8) is 0 Å². The van der Waals surface area contributed by atoms with Crippen LogP contribution in [-0.2, 0) is 4.74 Å². The molecule has 0 radical (unpaired) electrons. The number of hydrogen-bond donors (Lipinski definition) is 1. The molecular weight excluding hydrogens is 306 g/mol. The summed E-state index contributed by atoms with van der Waals surface area (Å²) in [6.45, 7) is 2.11. The number of carboxylic acids is 1. The number of ether oxygens (including phenoxy) is 1. The van der Waals surface area contributed by atoms with Gasteiger partial charge in [-0.25, -0.2) is 9.78 Å². The fraction of sp³-hybridized carbons (Fsp3) is 0.286. The van der Waals surface area contributed by atoms with E-state index in [0.29, 0.717) is 36.9 Å². The molecule has 2 aromatic heterocycles. The smallest absolute Gasteiger partial charge is 0.345 e. The highest BCUT2D eigenvalue weighted by molar-refractivity contribution is 7.17. The molecule has 0 aromatic carbocycles. The summed E-state index contributed by atoms with van der Waals surface area (Å²) in [5.41, 5.74) is 0.751. The summed E-state index contributed by atoms with van der Waals surface area (Å²) in [7, 11) is 0. The van der Waals surface area contributed by atoms with Crippen molar-refractivity contribution in [2.75, 3.05) is 26.3 Å². The second-order valence-electron chi connectivity index (χ2n) is 4.66. The highest BCUT2D eigenvalue weighted by Gasteiger charge is 2.20. The van der Waals surface area contributed by atoms with E-state index in [0.717, 1.165) is 11.3 Å². The molecule has 1 N–H and O–H groups in total. The molecule has 0 saturated carbocycles. The summed E-state index contributed by atoms with van der Waals surface area (Å²) in [4.78, 5) is 34.2. The highest BCUT2D eigenvalue weighted by Crippen LogP contribution is 2.26. The third-order valence-electron chi connectivity index (χ3n) is 3.22. The first-order chi connectivity index (χ1) is 10.6. The first-order valence-corrected chi connectivity index (χ1v) is 7.49. The molecule has 1 aliphatic rings. The molecule has 1 fully saturated rings. The lowest BCUT2D eigenvalue weighted by atomic mass is 10.3. The zero-order valence-electron chi connectivity index (χ0n) is 11.6. The summed E-state index contributed by atoms with van der Waals surface area (Å²) in [5, 5.41) is 8.96. The molecule has 1 saturated heterocycles. The van der Waals surface area contributed by atoms with Crippen molar-refractivity contribution in [3.05, 3.63) is 35.1 Å². The van der Waals surface area contributed by atoms with Crippen LogP contribution < -0.4 is 0 Å². The number of hydrogen-bond acceptors (Lipinski definition) is 6. The number of rotatable bonds is 3. The molecule has 114 valence electrons. The Morgan fingerprint density at radius 2 is 2.00 bits per heavy atom. The van der Waals surface area contributed by atoms with E-state index in [4.69, 9.17) is 9.84 Å². The molecule has 0 aliphatic carbocycles. The molecule has 3 rings (SSSR count). The Morgan fingerprint density at radius 1 is 1.23 bits per heavy atom. The topological polar surface area (TPSA) is 92.6 Å². The third-order valence-corrected chi connectivity index (χ3v) is 4.32. The Labute approximate surface area is 130 Å². The van der Waals surface area contributed by atoms with Crippen molar-refractivity contribution in [2.24, 2.45) is 0 Å². The van der Waals surface area contributed by atoms with Crippen LogP contribution in [0.5, 0.6) is 0 Å². The maximum atomic E-state index is 12.4. The maximum Gasteiger partial charge on any atom is 0.345 e. The molecule has 8 heteroatoms. The van der Waals surface area contributed by atoms with Crippen LogP contribution in [0, 0.1) is 0 Å². The molecule has 0 unspecified atom stereocenters. The van der Waals surface area contributed by atoms with Gasteiger partial charge in [-0.1, -0.05) is 0 Å². The van der Waals surface area contributed by atoms with Crippen LogP contribution in [0.25, 0.3) is 10.6 Å². The number of nitrogens with zero attached hydrogens (tertiary/aromatic N) is 3. The Bertz CT molecular complexity index is 710. The second-order valence-corrected chi connectivity index (χ2v) is 5.75. The van der Waals surface area contributed by atoms with E-state index in [2.05, 4.69) is 9.97 Å². The van der Waals surface area contributed by atoms with Crippen LogP contribution >= 0.6 is 11.3 Å². The van der Waals surface area contributed by atoms with Crippen molar-refractivity contribution in [2.45, 2.75) is 0 Å². The van der Waals surface area contributed by atoms with Gasteiger partial charge in [-0.15, -0.1) is 11.3 Å². The van der Waals surface area contributed by atoms with Crippen molar-refractivity contribution < 1.29 is 19.4 Å². The largest absolute Gasteiger partial charge is 0.477 e. The van der Waals surface area contributed by atoms with Crippen LogP contribution in [0.2, 0.25) is 0 Å². The fourth-order valence-corrected chi connectivity index (χ4v) is 2.91. The van der Waals surface area contributed by atoms with Gasteiger partial charge in [0.1, 0.15) is 10.6 Å². The molecule has 1 aliphatic heterocycles. The second kappa shape index (κ2) is 6.20. The average molecular weight is 319 g/mol. The van der Waals surface area contributed by atoms with E-state index in [1.165, 1.54) is 18.5 Å². The lowest BCUT2D eigenvalue weighted by Crippen LogP contribution is -2.41. The van der Waals surface area contributed by atoms with Gasteiger partial charge in [0, 0.05) is 13.1 Å². The first-order valence-electron chi connectivity index (χ1n) is 6.68. The quantitative estimate of drug-likeness (QED) is 0.918. The lowest BCUT2D eigenvalue weighted by molar-refractivity contribution is 0.0299. The minimum absolute atomic E-state index is 0.187. The summed E-state index contributed by atoms with van der Waals surface area (Å²) < 4.78 is 5.22. The molecule has 2 aromatic rings. The number of carbonyl (C=O) groups excluding carboxylic acids is 1. The van der Waals surface area contributed by atoms with Crippen molar-refractivity contribution >= 4 is 23.2 Å². The van der Waals surface area contributed by atoms with Gasteiger partial charge in [0.25, 0.3) is 5.91 Å². The standard InChI is InChI=1S/C14H13N3O4S/c18-13(17-3-5-21-6-4-17)10-8-15-7-9(16-10)11-1-2-12(22-11)14(19)20/h1-2,7-8H,3-6H2,(H,19,20). The highest BCUT2D eigenvalue weighted by atomic mass is 32.1. The molecule has 22 heavy (non-hydrogen) atoms. The van der Waals surface area contributed by atoms with Gasteiger partial charge in [-0.3, -0.25) is 9.78 Å². The number of carbonyl (C=O) groups is 2. The van der Waals surface area contributed by atoms with Gasteiger partial charge in [0.05, 0.1) is 36.2 Å². The monoisotopic (exact) mass is 319 g/mol. The minimum atomic E-state index is -0.982. The minimum Gasteiger partial charge on any atom is -0.477 e. The van der Waals surface area contributed by atoms with E-state index in [1.54, 1.807) is 11.0 Å². The van der Waals surface area contributed by atoms with Crippen LogP contribution in [0.1, 0.15) is 20.2 Å². The normalized spacial score (nSPS) is 14.8. The number of morpholine rings is 1. The van der Waals surface area contributed by atoms with E-state index >= 15 is 0 Å². The summed E-state index contributed by atoms with van der Waals surface area (Å²) >= 11 is 1.10. The summed E-state index contributed by atoms with van der Waals surface area (Å²) in [6, 6.07) is 3.18. The van der Waals surface area contributed by atoms with Crippen molar-refractivity contribution in [1.29, 1.82) is 0 Å². The van der Waals surface area contributed by atoms with Gasteiger partial charge in [0.15, 0.2) is 0 Å². The lowest BCUT2D eigenvalue weighted by Gasteiger charge is -2.26. The molecule has 0 spiro atoms. The van der Waals surface area contributed by atoms with Crippen molar-refractivity contribution in [3.8, 4) is 10.6 Å². The number of amides is 1. The molecular formula is C14H13N3O4S. The molecule has 0 atom stereocenters. The SMILES string of the molecule is O=C(O)c1ccc(-c2cncc(C(=O)N3CCOCC3)n2)s1. The van der Waals surface area contributed by atoms with Crippen LogP contribution in [-0.4, -0.2) is 58.2 Å². The predicted molar refractivity (Wildman–Crippen MR) is 79.0 cm³/mol. The Morgan fingerprint density at radius 3 is 2.68 bits per heavy atom. The Hall–Kier alpha value is -2.32. The number of carboxylic acid groups (broad SMARTS) is 1. The van der Waals surface area contributed by atoms with Gasteiger partial charge in [0.2, 0.25) is 0 Å². The summed E-state index contributed by atoms with van der Waals surface area (Å²) in [5.74, 6) is -1.17. The third kappa shape index (κ3) is 2.97. The molecule has 0 bridgehead atoms. The van der Waals surface area contributed by atoms with Gasteiger partial charge in [-0.2, -0.15) is 0 Å². The van der Waals surface area contributed by atoms with E-state index in [9.17, 15) is 9.59 Å². The van der Waals surface area contributed by atoms with Gasteiger partial charge >= 0.3 is 5.97 Å². The molecule has 7 nitrogen and oxygen atoms in total. The van der Waals surface area contributed by atoms with Gasteiger partial charge in [-0.05, 0) is 12.1 Å². The van der Waals surface area contributed by atoms with E-state index in [-0.39, 0.29) is 16.5 Å². The summed E-state index contributed by atoms with van der Waals surface area (Å²) in [6.07, 6.45) is 2.95. The van der Waals surface area contributed by atoms with E-state index < -0.39 is 5.97 Å². The van der Waals surface area contributed by atoms with Gasteiger partial charge < -0.3 is 14.7 Å². The zero-order valence-corrected chi connectivity index (χ0v) is 12.4. The molecule has 1 amide bonds. The predicted octanol–water partition coefficient (Wildman–Crippen LogP) is 1.38. The van der Waals surface area contributed by atoms with Crippen LogP contribution in [0.15, 0.2) is 24.5 Å². The first kappa shape index (κ1) is 14.6. The zero-order chi connectivity index (χ0) is 15.5. The van der Waals surface area contributed by atoms with Crippen LogP contribution in [0.3, 0.4) is 0 Å². The van der Waals surface area contributed by atoms with Crippen LogP contribution in [0.4, 0.5) is 0 Å². The van der Waals surface area contributed by atoms with E-state index in [1.807, 2.05) is 0 Å². The number of aromatic nitrogens is 2. The molecule has 3 heterocycles. The Balaban J connectivity index is 1.85.